The highest BCUT2D eigenvalue weighted by atomic mass is 79.9. The maximum Gasteiger partial charge on any atom is 0.171 e. The van der Waals surface area contributed by atoms with Crippen LogP contribution in [0, 0.1) is 6.92 Å². The standard InChI is InChI=1S/C15H15BrN4/c1-3-17-14-12(11-7-5-4-6-10(11)2)8-18-15-13(16)9-19-20(14)15/h4-9,17H,3H2,1-2H3. The smallest absolute Gasteiger partial charge is 0.171 e. The molecule has 0 amide bonds. The van der Waals surface area contributed by atoms with Gasteiger partial charge in [0.05, 0.1) is 10.7 Å². The van der Waals surface area contributed by atoms with Gasteiger partial charge in [0, 0.05) is 18.3 Å². The van der Waals surface area contributed by atoms with Gasteiger partial charge in [-0.3, -0.25) is 0 Å². The van der Waals surface area contributed by atoms with Crippen LogP contribution in [0.4, 0.5) is 5.82 Å². The highest BCUT2D eigenvalue weighted by Crippen LogP contribution is 2.31. The third kappa shape index (κ3) is 2.08. The molecule has 2 heterocycles. The van der Waals surface area contributed by atoms with Crippen molar-refractivity contribution in [3.8, 4) is 11.1 Å². The van der Waals surface area contributed by atoms with Gasteiger partial charge in [-0.25, -0.2) is 4.98 Å². The predicted octanol–water partition coefficient (Wildman–Crippen LogP) is 3.90. The summed E-state index contributed by atoms with van der Waals surface area (Å²) in [6.45, 7) is 5.01. The minimum absolute atomic E-state index is 0.818. The molecule has 0 fully saturated rings. The molecule has 3 aromatic rings. The van der Waals surface area contributed by atoms with E-state index >= 15 is 0 Å². The zero-order valence-electron chi connectivity index (χ0n) is 11.4. The molecule has 5 heteroatoms. The first-order valence-corrected chi connectivity index (χ1v) is 7.33. The van der Waals surface area contributed by atoms with Crippen LogP contribution in [0.25, 0.3) is 16.8 Å². The summed E-state index contributed by atoms with van der Waals surface area (Å²) >= 11 is 3.47. The van der Waals surface area contributed by atoms with Gasteiger partial charge in [-0.15, -0.1) is 0 Å². The zero-order valence-corrected chi connectivity index (χ0v) is 13.0. The molecule has 0 saturated carbocycles. The van der Waals surface area contributed by atoms with Gasteiger partial charge >= 0.3 is 0 Å². The van der Waals surface area contributed by atoms with E-state index in [0.717, 1.165) is 28.0 Å². The van der Waals surface area contributed by atoms with Crippen molar-refractivity contribution in [3.05, 3.63) is 46.7 Å². The lowest BCUT2D eigenvalue weighted by atomic mass is 10.0. The van der Waals surface area contributed by atoms with Crippen molar-refractivity contribution in [2.75, 3.05) is 11.9 Å². The van der Waals surface area contributed by atoms with E-state index in [1.807, 2.05) is 22.8 Å². The lowest BCUT2D eigenvalue weighted by Crippen LogP contribution is -2.07. The first kappa shape index (κ1) is 13.1. The molecule has 102 valence electrons. The molecule has 0 aliphatic carbocycles. The van der Waals surface area contributed by atoms with Crippen molar-refractivity contribution in [2.45, 2.75) is 13.8 Å². The molecule has 20 heavy (non-hydrogen) atoms. The van der Waals surface area contributed by atoms with E-state index in [0.29, 0.717) is 0 Å². The number of hydrogen-bond acceptors (Lipinski definition) is 3. The van der Waals surface area contributed by atoms with Crippen molar-refractivity contribution >= 4 is 27.4 Å². The molecule has 0 spiro atoms. The van der Waals surface area contributed by atoms with E-state index in [4.69, 9.17) is 0 Å². The van der Waals surface area contributed by atoms with Crippen LogP contribution in [0.3, 0.4) is 0 Å². The second-order valence-corrected chi connectivity index (χ2v) is 5.45. The van der Waals surface area contributed by atoms with Crippen LogP contribution < -0.4 is 5.32 Å². The summed E-state index contributed by atoms with van der Waals surface area (Å²) in [5.74, 6) is 0.970. The summed E-state index contributed by atoms with van der Waals surface area (Å²) in [5.41, 5.74) is 4.27. The topological polar surface area (TPSA) is 42.2 Å². The third-order valence-electron chi connectivity index (χ3n) is 3.26. The number of nitrogens with one attached hydrogen (secondary N) is 1. The molecule has 3 rings (SSSR count). The molecule has 4 nitrogen and oxygen atoms in total. The van der Waals surface area contributed by atoms with E-state index in [1.54, 1.807) is 6.20 Å². The Balaban J connectivity index is 2.30. The van der Waals surface area contributed by atoms with E-state index < -0.39 is 0 Å². The summed E-state index contributed by atoms with van der Waals surface area (Å²) < 4.78 is 2.74. The summed E-state index contributed by atoms with van der Waals surface area (Å²) in [4.78, 5) is 4.51. The number of halogens is 1. The minimum Gasteiger partial charge on any atom is -0.370 e. The van der Waals surface area contributed by atoms with Crippen LogP contribution in [0.5, 0.6) is 0 Å². The number of rotatable bonds is 3. The van der Waals surface area contributed by atoms with Crippen molar-refractivity contribution < 1.29 is 0 Å². The number of benzene rings is 1. The van der Waals surface area contributed by atoms with Crippen LogP contribution in [0.2, 0.25) is 0 Å². The first-order chi connectivity index (χ1) is 9.72. The van der Waals surface area contributed by atoms with Crippen molar-refractivity contribution in [1.82, 2.24) is 14.6 Å². The average molecular weight is 331 g/mol. The lowest BCUT2D eigenvalue weighted by Gasteiger charge is -2.14. The fourth-order valence-electron chi connectivity index (χ4n) is 2.31. The van der Waals surface area contributed by atoms with E-state index in [2.05, 4.69) is 57.3 Å². The largest absolute Gasteiger partial charge is 0.370 e. The minimum atomic E-state index is 0.818. The molecule has 0 aliphatic heterocycles. The summed E-state index contributed by atoms with van der Waals surface area (Å²) in [6.07, 6.45) is 3.67. The first-order valence-electron chi connectivity index (χ1n) is 6.54. The van der Waals surface area contributed by atoms with Gasteiger partial charge in [-0.05, 0) is 40.9 Å². The van der Waals surface area contributed by atoms with Crippen LogP contribution >= 0.6 is 15.9 Å². The maximum absolute atomic E-state index is 4.51. The number of fused-ring (bicyclic) bond motifs is 1. The van der Waals surface area contributed by atoms with E-state index in [-0.39, 0.29) is 0 Å². The molecular formula is C15H15BrN4. The fourth-order valence-corrected chi connectivity index (χ4v) is 2.67. The van der Waals surface area contributed by atoms with E-state index in [1.165, 1.54) is 11.1 Å². The van der Waals surface area contributed by atoms with Gasteiger partial charge in [-0.1, -0.05) is 24.3 Å². The molecule has 2 aromatic heterocycles. The Morgan fingerprint density at radius 1 is 1.20 bits per heavy atom. The monoisotopic (exact) mass is 330 g/mol. The van der Waals surface area contributed by atoms with E-state index in [9.17, 15) is 0 Å². The van der Waals surface area contributed by atoms with Crippen molar-refractivity contribution in [3.63, 3.8) is 0 Å². The summed E-state index contributed by atoms with van der Waals surface area (Å²) in [6, 6.07) is 8.30. The average Bonchev–Trinajstić information content (AvgIpc) is 2.83. The van der Waals surface area contributed by atoms with Crippen LogP contribution in [-0.4, -0.2) is 21.1 Å². The molecule has 0 bridgehead atoms. The molecule has 0 saturated heterocycles. The van der Waals surface area contributed by atoms with Crippen LogP contribution in [0.15, 0.2) is 41.1 Å². The summed E-state index contributed by atoms with van der Waals surface area (Å²) in [5, 5.41) is 7.80. The van der Waals surface area contributed by atoms with Crippen LogP contribution in [-0.2, 0) is 0 Å². The molecule has 0 unspecified atom stereocenters. The van der Waals surface area contributed by atoms with Gasteiger partial charge in [0.25, 0.3) is 0 Å². The van der Waals surface area contributed by atoms with Gasteiger partial charge in [0.1, 0.15) is 5.82 Å². The van der Waals surface area contributed by atoms with Crippen molar-refractivity contribution in [1.29, 1.82) is 0 Å². The Morgan fingerprint density at radius 2 is 2.00 bits per heavy atom. The Bertz CT molecular complexity index is 764. The number of aryl methyl sites for hydroxylation is 1. The Labute approximate surface area is 126 Å². The van der Waals surface area contributed by atoms with Gasteiger partial charge < -0.3 is 5.32 Å². The quantitative estimate of drug-likeness (QED) is 0.791. The van der Waals surface area contributed by atoms with Gasteiger partial charge in [0.2, 0.25) is 0 Å². The second kappa shape index (κ2) is 5.25. The number of aromatic nitrogens is 3. The highest BCUT2D eigenvalue weighted by molar-refractivity contribution is 9.10. The molecule has 0 radical (unpaired) electrons. The highest BCUT2D eigenvalue weighted by Gasteiger charge is 2.14. The number of nitrogens with zero attached hydrogens (tertiary/aromatic N) is 3. The molecule has 0 atom stereocenters. The lowest BCUT2D eigenvalue weighted by molar-refractivity contribution is 0.933. The Hall–Kier alpha value is -1.88. The van der Waals surface area contributed by atoms with Gasteiger partial charge in [0.15, 0.2) is 5.65 Å². The Morgan fingerprint density at radius 3 is 2.75 bits per heavy atom. The van der Waals surface area contributed by atoms with Gasteiger partial charge in [-0.2, -0.15) is 9.61 Å². The molecular weight excluding hydrogens is 316 g/mol. The van der Waals surface area contributed by atoms with Crippen LogP contribution in [0.1, 0.15) is 12.5 Å². The Kier molecular flexibility index (Phi) is 3.44. The fraction of sp³-hybridized carbons (Fsp3) is 0.200. The summed E-state index contributed by atoms with van der Waals surface area (Å²) in [7, 11) is 0. The number of anilines is 1. The molecule has 0 aliphatic rings. The SMILES string of the molecule is CCNc1c(-c2ccccc2C)cnc2c(Br)cnn12. The number of hydrogen-bond donors (Lipinski definition) is 1. The molecule has 1 aromatic carbocycles. The predicted molar refractivity (Wildman–Crippen MR) is 85.0 cm³/mol. The maximum atomic E-state index is 4.51. The third-order valence-corrected chi connectivity index (χ3v) is 3.82. The zero-order chi connectivity index (χ0) is 14.1. The van der Waals surface area contributed by atoms with Crippen molar-refractivity contribution in [2.24, 2.45) is 0 Å². The normalized spacial score (nSPS) is 10.9. The second-order valence-electron chi connectivity index (χ2n) is 4.59. The molecule has 1 N–H and O–H groups in total.